The lowest BCUT2D eigenvalue weighted by Gasteiger charge is -2.17. The van der Waals surface area contributed by atoms with Crippen LogP contribution in [-0.2, 0) is 6.42 Å². The van der Waals surface area contributed by atoms with E-state index >= 15 is 0 Å². The molecule has 2 aromatic rings. The van der Waals surface area contributed by atoms with Gasteiger partial charge in [-0.1, -0.05) is 46.9 Å². The molecule has 0 saturated heterocycles. The molecule has 0 aliphatic heterocycles. The van der Waals surface area contributed by atoms with Gasteiger partial charge in [0.05, 0.1) is 11.1 Å². The number of rotatable bonds is 4. The molecule has 6 heteroatoms. The van der Waals surface area contributed by atoms with Gasteiger partial charge in [-0.2, -0.15) is 0 Å². The molecule has 2 rings (SSSR count). The molecule has 0 aliphatic carbocycles. The van der Waals surface area contributed by atoms with Gasteiger partial charge in [-0.25, -0.2) is 4.39 Å². The van der Waals surface area contributed by atoms with Gasteiger partial charge in [0.1, 0.15) is 5.82 Å². The van der Waals surface area contributed by atoms with Crippen LogP contribution in [0.3, 0.4) is 0 Å². The van der Waals surface area contributed by atoms with Crippen LogP contribution in [0.15, 0.2) is 36.4 Å². The molecular weight excluding hydrogens is 322 g/mol. The lowest BCUT2D eigenvalue weighted by Crippen LogP contribution is -2.29. The van der Waals surface area contributed by atoms with Crippen LogP contribution in [-0.4, -0.2) is 0 Å². The minimum Gasteiger partial charge on any atom is -0.271 e. The maximum absolute atomic E-state index is 13.2. The van der Waals surface area contributed by atoms with E-state index in [9.17, 15) is 4.39 Å². The fourth-order valence-electron chi connectivity index (χ4n) is 1.91. The second kappa shape index (κ2) is 6.74. The van der Waals surface area contributed by atoms with E-state index in [0.29, 0.717) is 16.5 Å². The van der Waals surface area contributed by atoms with Crippen molar-refractivity contribution in [2.45, 2.75) is 12.5 Å². The van der Waals surface area contributed by atoms with Crippen molar-refractivity contribution in [2.75, 3.05) is 0 Å². The summed E-state index contributed by atoms with van der Waals surface area (Å²) in [5, 5.41) is 1.19. The van der Waals surface area contributed by atoms with Crippen LogP contribution in [0.25, 0.3) is 0 Å². The van der Waals surface area contributed by atoms with Crippen molar-refractivity contribution < 1.29 is 4.39 Å². The van der Waals surface area contributed by atoms with E-state index in [1.54, 1.807) is 24.3 Å². The Morgan fingerprint density at radius 2 is 1.80 bits per heavy atom. The largest absolute Gasteiger partial charge is 0.271 e. The van der Waals surface area contributed by atoms with Crippen LogP contribution in [0, 0.1) is 5.82 Å². The average Bonchev–Trinajstić information content (AvgIpc) is 2.41. The predicted octanol–water partition coefficient (Wildman–Crippen LogP) is 4.53. The van der Waals surface area contributed by atoms with Gasteiger partial charge in [0.15, 0.2) is 0 Å². The Labute approximate surface area is 131 Å². The van der Waals surface area contributed by atoms with Gasteiger partial charge in [-0.15, -0.1) is 0 Å². The highest BCUT2D eigenvalue weighted by Crippen LogP contribution is 2.27. The third kappa shape index (κ3) is 3.62. The zero-order valence-electron chi connectivity index (χ0n) is 10.3. The summed E-state index contributed by atoms with van der Waals surface area (Å²) in [6, 6.07) is 9.52. The first-order valence-corrected chi connectivity index (χ1v) is 6.99. The molecular formula is C14H12Cl3FN2. The Bertz CT molecular complexity index is 619. The summed E-state index contributed by atoms with van der Waals surface area (Å²) in [5.74, 6) is 5.10. The summed E-state index contributed by atoms with van der Waals surface area (Å²) < 4.78 is 13.2. The molecule has 0 amide bonds. The monoisotopic (exact) mass is 332 g/mol. The number of nitrogens with one attached hydrogen (secondary N) is 1. The molecule has 0 heterocycles. The lowest BCUT2D eigenvalue weighted by molar-refractivity contribution is 0.549. The van der Waals surface area contributed by atoms with Gasteiger partial charge in [0, 0.05) is 10.0 Å². The quantitative estimate of drug-likeness (QED) is 0.637. The van der Waals surface area contributed by atoms with Crippen molar-refractivity contribution in [1.29, 1.82) is 0 Å². The zero-order chi connectivity index (χ0) is 14.7. The van der Waals surface area contributed by atoms with E-state index in [4.69, 9.17) is 40.6 Å². The van der Waals surface area contributed by atoms with Crippen LogP contribution >= 0.6 is 34.8 Å². The van der Waals surface area contributed by atoms with Gasteiger partial charge in [0.2, 0.25) is 0 Å². The second-order valence-electron chi connectivity index (χ2n) is 4.33. The third-order valence-electron chi connectivity index (χ3n) is 2.99. The smallest absolute Gasteiger partial charge is 0.141 e. The molecule has 1 atom stereocenters. The van der Waals surface area contributed by atoms with E-state index in [0.717, 1.165) is 11.1 Å². The number of halogens is 4. The van der Waals surface area contributed by atoms with Gasteiger partial charge in [-0.3, -0.25) is 11.3 Å². The molecule has 3 N–H and O–H groups in total. The molecule has 0 aromatic heterocycles. The fraction of sp³-hybridized carbons (Fsp3) is 0.143. The van der Waals surface area contributed by atoms with E-state index in [2.05, 4.69) is 5.43 Å². The summed E-state index contributed by atoms with van der Waals surface area (Å²) in [6.45, 7) is 0. The second-order valence-corrected chi connectivity index (χ2v) is 5.58. The van der Waals surface area contributed by atoms with Crippen LogP contribution in [0.1, 0.15) is 17.2 Å². The van der Waals surface area contributed by atoms with E-state index < -0.39 is 5.82 Å². The highest BCUT2D eigenvalue weighted by molar-refractivity contribution is 6.35. The molecule has 0 spiro atoms. The molecule has 2 nitrogen and oxygen atoms in total. The number of nitrogens with two attached hydrogens (primary N) is 1. The number of hydrazine groups is 1. The molecule has 20 heavy (non-hydrogen) atoms. The molecule has 0 radical (unpaired) electrons. The molecule has 0 saturated carbocycles. The van der Waals surface area contributed by atoms with Crippen molar-refractivity contribution in [3.63, 3.8) is 0 Å². The first-order chi connectivity index (χ1) is 9.51. The van der Waals surface area contributed by atoms with E-state index in [-0.39, 0.29) is 11.1 Å². The van der Waals surface area contributed by atoms with E-state index in [1.165, 1.54) is 6.07 Å². The lowest BCUT2D eigenvalue weighted by atomic mass is 9.99. The van der Waals surface area contributed by atoms with Gasteiger partial charge < -0.3 is 0 Å². The predicted molar refractivity (Wildman–Crippen MR) is 81.6 cm³/mol. The summed E-state index contributed by atoms with van der Waals surface area (Å²) in [7, 11) is 0. The minimum atomic E-state index is -0.462. The van der Waals surface area contributed by atoms with E-state index in [1.807, 2.05) is 6.07 Å². The SMILES string of the molecule is NNC(Cc1ccc(Cl)cc1Cl)c1ccc(F)c(Cl)c1. The Hall–Kier alpha value is -0.840. The Balaban J connectivity index is 2.26. The number of hydrogen-bond donors (Lipinski definition) is 2. The highest BCUT2D eigenvalue weighted by Gasteiger charge is 2.14. The molecule has 0 fully saturated rings. The van der Waals surface area contributed by atoms with Crippen LogP contribution in [0.2, 0.25) is 15.1 Å². The molecule has 0 bridgehead atoms. The van der Waals surface area contributed by atoms with Crippen molar-refractivity contribution in [1.82, 2.24) is 5.43 Å². The first-order valence-electron chi connectivity index (χ1n) is 5.86. The maximum atomic E-state index is 13.2. The first kappa shape index (κ1) is 15.5. The van der Waals surface area contributed by atoms with Crippen LogP contribution < -0.4 is 11.3 Å². The van der Waals surface area contributed by atoms with Crippen molar-refractivity contribution in [2.24, 2.45) is 5.84 Å². The summed E-state index contributed by atoms with van der Waals surface area (Å²) in [4.78, 5) is 0. The Morgan fingerprint density at radius 1 is 1.05 bits per heavy atom. The topological polar surface area (TPSA) is 38.0 Å². The van der Waals surface area contributed by atoms with Crippen LogP contribution in [0.4, 0.5) is 4.39 Å². The van der Waals surface area contributed by atoms with Gasteiger partial charge >= 0.3 is 0 Å². The normalized spacial score (nSPS) is 12.4. The number of benzene rings is 2. The molecule has 2 aromatic carbocycles. The van der Waals surface area contributed by atoms with Crippen LogP contribution in [0.5, 0.6) is 0 Å². The molecule has 106 valence electrons. The van der Waals surface area contributed by atoms with Gasteiger partial charge in [-0.05, 0) is 41.8 Å². The minimum absolute atomic E-state index is 0.0601. The molecule has 1 unspecified atom stereocenters. The van der Waals surface area contributed by atoms with Gasteiger partial charge in [0.25, 0.3) is 0 Å². The number of hydrogen-bond acceptors (Lipinski definition) is 2. The Morgan fingerprint density at radius 3 is 2.40 bits per heavy atom. The van der Waals surface area contributed by atoms with Crippen molar-refractivity contribution in [3.8, 4) is 0 Å². The van der Waals surface area contributed by atoms with Crippen molar-refractivity contribution in [3.05, 3.63) is 68.4 Å². The zero-order valence-corrected chi connectivity index (χ0v) is 12.6. The summed E-state index contributed by atoms with van der Waals surface area (Å²) in [6.07, 6.45) is 0.536. The Kier molecular flexibility index (Phi) is 5.24. The maximum Gasteiger partial charge on any atom is 0.141 e. The standard InChI is InChI=1S/C14H12Cl3FN2/c15-10-3-1-8(11(16)7-10)6-14(20-19)9-2-4-13(18)12(17)5-9/h1-5,7,14,20H,6,19H2. The summed E-state index contributed by atoms with van der Waals surface area (Å²) >= 11 is 17.8. The highest BCUT2D eigenvalue weighted by atomic mass is 35.5. The fourth-order valence-corrected chi connectivity index (χ4v) is 2.58. The molecule has 0 aliphatic rings. The average molecular weight is 334 g/mol. The third-order valence-corrected chi connectivity index (χ3v) is 3.86. The van der Waals surface area contributed by atoms with Crippen molar-refractivity contribution >= 4 is 34.8 Å². The summed E-state index contributed by atoms with van der Waals surface area (Å²) in [5.41, 5.74) is 4.35.